The van der Waals surface area contributed by atoms with Crippen molar-refractivity contribution in [1.29, 1.82) is 0 Å². The van der Waals surface area contributed by atoms with Gasteiger partial charge in [-0.3, -0.25) is 0 Å². The fourth-order valence-corrected chi connectivity index (χ4v) is 6.66. The summed E-state index contributed by atoms with van der Waals surface area (Å²) in [4.78, 5) is 34.4. The van der Waals surface area contributed by atoms with Crippen molar-refractivity contribution in [3.63, 3.8) is 0 Å². The minimum atomic E-state index is -2.17. The average Bonchev–Trinajstić information content (AvgIpc) is 2.72. The summed E-state index contributed by atoms with van der Waals surface area (Å²) >= 11 is 0. The van der Waals surface area contributed by atoms with E-state index in [0.29, 0.717) is 39.1 Å². The lowest BCUT2D eigenvalue weighted by molar-refractivity contribution is -0.138. The van der Waals surface area contributed by atoms with Crippen LogP contribution >= 0.6 is 0 Å². The Morgan fingerprint density at radius 1 is 0.633 bits per heavy atom. The molecule has 30 heavy (non-hydrogen) atoms. The van der Waals surface area contributed by atoms with Gasteiger partial charge in [-0.25, -0.2) is 14.4 Å². The lowest BCUT2D eigenvalue weighted by Gasteiger charge is -2.30. The number of allylic oxidation sites excluding steroid dienone is 3. The van der Waals surface area contributed by atoms with Crippen molar-refractivity contribution in [2.75, 3.05) is 26.9 Å². The van der Waals surface area contributed by atoms with Crippen molar-refractivity contribution in [1.82, 2.24) is 0 Å². The molecule has 0 amide bonds. The van der Waals surface area contributed by atoms with Gasteiger partial charge in [0.05, 0.1) is 19.8 Å². The molecule has 8 heteroatoms. The second-order valence-corrected chi connectivity index (χ2v) is 11.0. The van der Waals surface area contributed by atoms with E-state index in [1.54, 1.807) is 46.1 Å². The highest BCUT2D eigenvalue weighted by Crippen LogP contribution is 2.27. The van der Waals surface area contributed by atoms with Crippen LogP contribution in [-0.4, -0.2) is 53.2 Å². The third-order valence-corrected chi connectivity index (χ3v) is 9.06. The zero-order valence-corrected chi connectivity index (χ0v) is 19.7. The van der Waals surface area contributed by atoms with Crippen LogP contribution in [0.2, 0.25) is 18.1 Å². The summed E-state index contributed by atoms with van der Waals surface area (Å²) in [6.45, 7) is 6.26. The highest BCUT2D eigenvalue weighted by atomic mass is 28.4. The van der Waals surface area contributed by atoms with Gasteiger partial charge >= 0.3 is 17.9 Å². The summed E-state index contributed by atoms with van der Waals surface area (Å²) in [5, 5.41) is 0. The molecule has 0 atom stereocenters. The molecule has 7 nitrogen and oxygen atoms in total. The topological polar surface area (TPSA) is 88.1 Å². The third kappa shape index (κ3) is 13.9. The van der Waals surface area contributed by atoms with Crippen LogP contribution in [0.25, 0.3) is 0 Å². The Labute approximate surface area is 181 Å². The monoisotopic (exact) mass is 440 g/mol. The third-order valence-electron chi connectivity index (χ3n) is 4.40. The van der Waals surface area contributed by atoms with Crippen molar-refractivity contribution < 1.29 is 33.0 Å². The van der Waals surface area contributed by atoms with Crippen LogP contribution in [-0.2, 0) is 33.0 Å². The molecule has 0 radical (unpaired) electrons. The van der Waals surface area contributed by atoms with Crippen molar-refractivity contribution in [3.8, 4) is 0 Å². The minimum absolute atomic E-state index is 0.327. The molecule has 0 saturated heterocycles. The maximum Gasteiger partial charge on any atom is 0.330 e. The zero-order valence-electron chi connectivity index (χ0n) is 18.7. The molecule has 0 fully saturated rings. The Morgan fingerprint density at radius 2 is 0.933 bits per heavy atom. The highest BCUT2D eigenvalue weighted by molar-refractivity contribution is 6.73. The fourth-order valence-electron chi connectivity index (χ4n) is 2.94. The minimum Gasteiger partial charge on any atom is -0.463 e. The van der Waals surface area contributed by atoms with Crippen LogP contribution in [0.5, 0.6) is 0 Å². The normalized spacial score (nSPS) is 13.6. The molecule has 0 aromatic rings. The molecule has 0 aliphatic carbocycles. The van der Waals surface area contributed by atoms with E-state index in [2.05, 4.69) is 0 Å². The predicted octanol–water partition coefficient (Wildman–Crippen LogP) is 4.11. The Morgan fingerprint density at radius 3 is 1.17 bits per heavy atom. The number of esters is 3. The molecule has 0 aliphatic heterocycles. The average molecular weight is 441 g/mol. The molecule has 0 spiro atoms. The summed E-state index contributed by atoms with van der Waals surface area (Å²) in [7, 11) is -0.465. The maximum atomic E-state index is 11.5. The van der Waals surface area contributed by atoms with E-state index in [1.807, 2.05) is 0 Å². The zero-order chi connectivity index (χ0) is 22.7. The van der Waals surface area contributed by atoms with Crippen molar-refractivity contribution >= 4 is 26.2 Å². The van der Waals surface area contributed by atoms with Gasteiger partial charge in [0.25, 0.3) is 0 Å². The summed E-state index contributed by atoms with van der Waals surface area (Å²) in [6.07, 6.45) is 11.2. The molecule has 0 saturated carbocycles. The molecule has 0 aliphatic rings. The molecule has 0 rings (SSSR count). The van der Waals surface area contributed by atoms with Gasteiger partial charge in [-0.15, -0.1) is 0 Å². The number of carbonyl (C=O) groups is 3. The van der Waals surface area contributed by atoms with Crippen LogP contribution in [0.3, 0.4) is 0 Å². The quantitative estimate of drug-likeness (QED) is 0.117. The second-order valence-electron chi connectivity index (χ2n) is 6.70. The van der Waals surface area contributed by atoms with E-state index in [1.165, 1.54) is 18.2 Å². The first-order chi connectivity index (χ1) is 14.4. The number of hydrogen-bond donors (Lipinski definition) is 0. The van der Waals surface area contributed by atoms with Gasteiger partial charge in [-0.05, 0) is 58.2 Å². The van der Waals surface area contributed by atoms with Crippen LogP contribution < -0.4 is 0 Å². The Hall–Kier alpha value is -2.19. The molecule has 0 aromatic carbocycles. The molecule has 0 unspecified atom stereocenters. The SMILES string of the molecule is CC=CC(=O)OCCC[Si](CCCOC(=O)C=CC)(CCCOC(=O)C=CC)OC. The largest absolute Gasteiger partial charge is 0.463 e. The van der Waals surface area contributed by atoms with E-state index in [4.69, 9.17) is 18.6 Å². The lowest BCUT2D eigenvalue weighted by atomic mass is 10.5. The van der Waals surface area contributed by atoms with E-state index in [-0.39, 0.29) is 17.9 Å². The molecule has 0 N–H and O–H groups in total. The summed E-state index contributed by atoms with van der Waals surface area (Å²) in [6, 6.07) is 2.41. The van der Waals surface area contributed by atoms with Crippen LogP contribution in [0, 0.1) is 0 Å². The van der Waals surface area contributed by atoms with Gasteiger partial charge in [-0.2, -0.15) is 0 Å². The van der Waals surface area contributed by atoms with Crippen molar-refractivity contribution in [3.05, 3.63) is 36.5 Å². The van der Waals surface area contributed by atoms with Gasteiger partial charge in [-0.1, -0.05) is 18.2 Å². The molecular weight excluding hydrogens is 404 g/mol. The number of carbonyl (C=O) groups excluding carboxylic acids is 3. The molecule has 0 heterocycles. The number of rotatable bonds is 16. The van der Waals surface area contributed by atoms with E-state index in [0.717, 1.165) is 18.1 Å². The Bertz CT molecular complexity index is 517. The summed E-state index contributed by atoms with van der Waals surface area (Å²) < 4.78 is 21.5. The number of ether oxygens (including phenoxy) is 3. The first-order valence-electron chi connectivity index (χ1n) is 10.4. The van der Waals surface area contributed by atoms with Gasteiger partial charge in [0.15, 0.2) is 8.32 Å². The number of hydrogen-bond acceptors (Lipinski definition) is 7. The molecule has 0 bridgehead atoms. The summed E-state index contributed by atoms with van der Waals surface area (Å²) in [5.74, 6) is -1.06. The summed E-state index contributed by atoms with van der Waals surface area (Å²) in [5.41, 5.74) is 0. The van der Waals surface area contributed by atoms with Crippen LogP contribution in [0.4, 0.5) is 0 Å². The van der Waals surface area contributed by atoms with E-state index >= 15 is 0 Å². The first kappa shape index (κ1) is 27.8. The van der Waals surface area contributed by atoms with Crippen molar-refractivity contribution in [2.24, 2.45) is 0 Å². The van der Waals surface area contributed by atoms with Gasteiger partial charge in [0, 0.05) is 25.3 Å². The van der Waals surface area contributed by atoms with Crippen molar-refractivity contribution in [2.45, 2.75) is 58.2 Å². The lowest BCUT2D eigenvalue weighted by Crippen LogP contribution is -2.38. The first-order valence-corrected chi connectivity index (χ1v) is 12.9. The standard InChI is InChI=1S/C22H36O7Si/c1-5-11-20(23)27-14-8-17-30(26-4,18-9-15-28-21(24)12-6-2)19-10-16-29-22(25)13-7-3/h5-7,11-13H,8-10,14-19H2,1-4H3. The van der Waals surface area contributed by atoms with E-state index < -0.39 is 8.32 Å². The van der Waals surface area contributed by atoms with E-state index in [9.17, 15) is 14.4 Å². The molecule has 170 valence electrons. The Kier molecular flexibility index (Phi) is 16.4. The predicted molar refractivity (Wildman–Crippen MR) is 118 cm³/mol. The smallest absolute Gasteiger partial charge is 0.330 e. The second kappa shape index (κ2) is 17.6. The van der Waals surface area contributed by atoms with Gasteiger partial charge in [0.2, 0.25) is 0 Å². The highest BCUT2D eigenvalue weighted by Gasteiger charge is 2.32. The van der Waals surface area contributed by atoms with Gasteiger partial charge < -0.3 is 18.6 Å². The molecule has 0 aromatic heterocycles. The Balaban J connectivity index is 4.68. The molecular formula is C22H36O7Si. The fraction of sp³-hybridized carbons (Fsp3) is 0.591. The van der Waals surface area contributed by atoms with Crippen LogP contribution in [0.15, 0.2) is 36.5 Å². The van der Waals surface area contributed by atoms with Crippen LogP contribution in [0.1, 0.15) is 40.0 Å². The van der Waals surface area contributed by atoms with Gasteiger partial charge in [0.1, 0.15) is 0 Å². The maximum absolute atomic E-state index is 11.5.